The summed E-state index contributed by atoms with van der Waals surface area (Å²) in [7, 11) is 1.68. The van der Waals surface area contributed by atoms with E-state index < -0.39 is 0 Å². The van der Waals surface area contributed by atoms with Crippen LogP contribution in [-0.2, 0) is 17.0 Å². The second kappa shape index (κ2) is 7.54. The summed E-state index contributed by atoms with van der Waals surface area (Å²) in [6, 6.07) is 6.15. The third-order valence-electron chi connectivity index (χ3n) is 3.63. The van der Waals surface area contributed by atoms with E-state index in [0.29, 0.717) is 18.9 Å². The van der Waals surface area contributed by atoms with Crippen molar-refractivity contribution >= 4 is 11.8 Å². The van der Waals surface area contributed by atoms with Crippen LogP contribution in [-0.4, -0.2) is 48.7 Å². The summed E-state index contributed by atoms with van der Waals surface area (Å²) < 4.78 is 8.86. The van der Waals surface area contributed by atoms with Crippen molar-refractivity contribution in [2.45, 2.75) is 31.3 Å². The summed E-state index contributed by atoms with van der Waals surface area (Å²) in [6.07, 6.45) is 1.70. The summed E-state index contributed by atoms with van der Waals surface area (Å²) in [5, 5.41) is 21.1. The molecule has 0 spiro atoms. The fourth-order valence-corrected chi connectivity index (χ4v) is 3.28. The van der Waals surface area contributed by atoms with Crippen molar-refractivity contribution in [3.63, 3.8) is 0 Å². The van der Waals surface area contributed by atoms with Crippen molar-refractivity contribution in [2.75, 3.05) is 13.7 Å². The number of ether oxygens (including phenoxy) is 1. The second-order valence-corrected chi connectivity index (χ2v) is 6.28. The number of aromatic nitrogens is 7. The van der Waals surface area contributed by atoms with Crippen LogP contribution in [0.2, 0.25) is 0 Å². The number of hydrogen-bond donors (Lipinski definition) is 0. The molecule has 0 aliphatic heterocycles. The quantitative estimate of drug-likeness (QED) is 0.604. The Bertz CT molecular complexity index is 794. The van der Waals surface area contributed by atoms with Gasteiger partial charge in [-0.15, -0.1) is 15.3 Å². The number of thioether (sulfide) groups is 1. The molecule has 3 rings (SSSR count). The molecule has 0 fully saturated rings. The Morgan fingerprint density at radius 2 is 1.96 bits per heavy atom. The molecule has 1 aromatic carbocycles. The summed E-state index contributed by atoms with van der Waals surface area (Å²) >= 11 is 1.55. The molecule has 8 nitrogen and oxygen atoms in total. The molecule has 0 aliphatic rings. The summed E-state index contributed by atoms with van der Waals surface area (Å²) in [5.41, 5.74) is 3.30. The molecular formula is C15H19N7OS. The van der Waals surface area contributed by atoms with E-state index in [2.05, 4.69) is 51.7 Å². The molecule has 3 aromatic rings. The summed E-state index contributed by atoms with van der Waals surface area (Å²) in [6.45, 7) is 5.45. The van der Waals surface area contributed by atoms with Gasteiger partial charge >= 0.3 is 0 Å². The smallest absolute Gasteiger partial charge is 0.191 e. The normalized spacial score (nSPS) is 11.1. The van der Waals surface area contributed by atoms with Gasteiger partial charge in [0.15, 0.2) is 11.0 Å². The minimum Gasteiger partial charge on any atom is -0.383 e. The van der Waals surface area contributed by atoms with Gasteiger partial charge in [0.25, 0.3) is 0 Å². The highest BCUT2D eigenvalue weighted by molar-refractivity contribution is 7.98. The molecule has 0 saturated carbocycles. The first-order valence-electron chi connectivity index (χ1n) is 7.54. The van der Waals surface area contributed by atoms with Crippen LogP contribution in [0.1, 0.15) is 17.0 Å². The third kappa shape index (κ3) is 3.46. The maximum Gasteiger partial charge on any atom is 0.191 e. The molecule has 0 unspecified atom stereocenters. The van der Waals surface area contributed by atoms with Gasteiger partial charge in [0.2, 0.25) is 0 Å². The number of benzene rings is 1. The van der Waals surface area contributed by atoms with E-state index in [0.717, 1.165) is 27.8 Å². The van der Waals surface area contributed by atoms with Crippen LogP contribution in [0.25, 0.3) is 5.69 Å². The Balaban J connectivity index is 1.79. The van der Waals surface area contributed by atoms with Gasteiger partial charge in [-0.2, -0.15) is 4.68 Å². The number of aryl methyl sites for hydroxylation is 2. The average molecular weight is 345 g/mol. The summed E-state index contributed by atoms with van der Waals surface area (Å²) in [5.74, 6) is 1.38. The van der Waals surface area contributed by atoms with E-state index in [1.807, 2.05) is 10.6 Å². The average Bonchev–Trinajstić information content (AvgIpc) is 3.20. The largest absolute Gasteiger partial charge is 0.383 e. The maximum absolute atomic E-state index is 5.10. The highest BCUT2D eigenvalue weighted by atomic mass is 32.2. The highest BCUT2D eigenvalue weighted by Gasteiger charge is 2.14. The van der Waals surface area contributed by atoms with Crippen LogP contribution in [0.4, 0.5) is 0 Å². The monoisotopic (exact) mass is 345 g/mol. The first-order valence-corrected chi connectivity index (χ1v) is 8.52. The van der Waals surface area contributed by atoms with Crippen molar-refractivity contribution in [1.29, 1.82) is 0 Å². The molecule has 0 bridgehead atoms. The van der Waals surface area contributed by atoms with Crippen LogP contribution in [0.15, 0.2) is 29.7 Å². The minimum absolute atomic E-state index is 0.604. The molecular weight excluding hydrogens is 326 g/mol. The van der Waals surface area contributed by atoms with Crippen LogP contribution in [0, 0.1) is 13.8 Å². The van der Waals surface area contributed by atoms with E-state index in [-0.39, 0.29) is 0 Å². The first kappa shape index (κ1) is 16.6. The van der Waals surface area contributed by atoms with Crippen molar-refractivity contribution in [3.8, 4) is 5.69 Å². The van der Waals surface area contributed by atoms with Gasteiger partial charge in [-0.25, -0.2) is 0 Å². The molecule has 0 atom stereocenters. The fraction of sp³-hybridized carbons (Fsp3) is 0.400. The van der Waals surface area contributed by atoms with Gasteiger partial charge in [-0.3, -0.25) is 0 Å². The predicted molar refractivity (Wildman–Crippen MR) is 90.1 cm³/mol. The predicted octanol–water partition coefficient (Wildman–Crippen LogP) is 1.81. The van der Waals surface area contributed by atoms with E-state index in [1.165, 1.54) is 0 Å². The molecule has 24 heavy (non-hydrogen) atoms. The Hall–Kier alpha value is -2.26. The van der Waals surface area contributed by atoms with Gasteiger partial charge in [-0.05, 0) is 35.4 Å². The number of para-hydroxylation sites is 1. The van der Waals surface area contributed by atoms with Crippen LogP contribution >= 0.6 is 11.8 Å². The lowest BCUT2D eigenvalue weighted by Crippen LogP contribution is -2.07. The number of hydrogen-bond acceptors (Lipinski definition) is 7. The van der Waals surface area contributed by atoms with Crippen LogP contribution < -0.4 is 0 Å². The SMILES string of the molecule is COCCn1cnnc1SCc1nnnn1-c1c(C)cccc1C. The van der Waals surface area contributed by atoms with Crippen LogP contribution in [0.5, 0.6) is 0 Å². The van der Waals surface area contributed by atoms with Gasteiger partial charge in [0.1, 0.15) is 6.33 Å². The number of rotatable bonds is 7. The van der Waals surface area contributed by atoms with E-state index >= 15 is 0 Å². The van der Waals surface area contributed by atoms with Crippen molar-refractivity contribution in [2.24, 2.45) is 0 Å². The van der Waals surface area contributed by atoms with Crippen molar-refractivity contribution in [1.82, 2.24) is 35.0 Å². The molecule has 0 radical (unpaired) electrons. The van der Waals surface area contributed by atoms with Gasteiger partial charge in [0.05, 0.1) is 18.0 Å². The molecule has 9 heteroatoms. The number of tetrazole rings is 1. The summed E-state index contributed by atoms with van der Waals surface area (Å²) in [4.78, 5) is 0. The Kier molecular flexibility index (Phi) is 5.21. The molecule has 0 amide bonds. The zero-order chi connectivity index (χ0) is 16.9. The Labute approximate surface area is 144 Å². The Morgan fingerprint density at radius 1 is 1.17 bits per heavy atom. The lowest BCUT2D eigenvalue weighted by Gasteiger charge is -2.10. The maximum atomic E-state index is 5.10. The standard InChI is InChI=1S/C15H19N7OS/c1-11-5-4-6-12(2)14(11)22-13(17-19-20-22)9-24-15-18-16-10-21(15)7-8-23-3/h4-6,10H,7-9H2,1-3H3. The highest BCUT2D eigenvalue weighted by Crippen LogP contribution is 2.23. The zero-order valence-corrected chi connectivity index (χ0v) is 14.7. The first-order chi connectivity index (χ1) is 11.7. The lowest BCUT2D eigenvalue weighted by molar-refractivity contribution is 0.184. The number of methoxy groups -OCH3 is 1. The lowest BCUT2D eigenvalue weighted by atomic mass is 10.1. The fourth-order valence-electron chi connectivity index (χ4n) is 2.44. The zero-order valence-electron chi connectivity index (χ0n) is 13.9. The second-order valence-electron chi connectivity index (χ2n) is 5.34. The van der Waals surface area contributed by atoms with Gasteiger partial charge < -0.3 is 9.30 Å². The van der Waals surface area contributed by atoms with E-state index in [1.54, 1.807) is 29.9 Å². The van der Waals surface area contributed by atoms with Gasteiger partial charge in [0, 0.05) is 13.7 Å². The van der Waals surface area contributed by atoms with E-state index in [4.69, 9.17) is 4.74 Å². The van der Waals surface area contributed by atoms with Gasteiger partial charge in [-0.1, -0.05) is 30.0 Å². The topological polar surface area (TPSA) is 83.5 Å². The molecule has 0 N–H and O–H groups in total. The van der Waals surface area contributed by atoms with Crippen LogP contribution in [0.3, 0.4) is 0 Å². The number of nitrogens with zero attached hydrogens (tertiary/aromatic N) is 7. The molecule has 2 heterocycles. The molecule has 126 valence electrons. The van der Waals surface area contributed by atoms with Crippen molar-refractivity contribution < 1.29 is 4.74 Å². The van der Waals surface area contributed by atoms with E-state index in [9.17, 15) is 0 Å². The Morgan fingerprint density at radius 3 is 2.71 bits per heavy atom. The molecule has 0 saturated heterocycles. The molecule has 0 aliphatic carbocycles. The molecule has 2 aromatic heterocycles. The third-order valence-corrected chi connectivity index (χ3v) is 4.61. The van der Waals surface area contributed by atoms with Crippen molar-refractivity contribution in [3.05, 3.63) is 41.5 Å². The minimum atomic E-state index is 0.604.